The third-order valence-corrected chi connectivity index (χ3v) is 3.88. The zero-order valence-electron chi connectivity index (χ0n) is 13.3. The van der Waals surface area contributed by atoms with Gasteiger partial charge < -0.3 is 15.0 Å². The second kappa shape index (κ2) is 7.46. The van der Waals surface area contributed by atoms with E-state index in [0.29, 0.717) is 19.1 Å². The first-order valence-corrected chi connectivity index (χ1v) is 7.72. The monoisotopic (exact) mass is 290 g/mol. The molecule has 1 fully saturated rings. The number of hydrogen-bond acceptors (Lipinski definition) is 3. The van der Waals surface area contributed by atoms with Gasteiger partial charge in [0, 0.05) is 6.04 Å². The number of likely N-dealkylation sites (tertiary alicyclic amines) is 1. The van der Waals surface area contributed by atoms with Gasteiger partial charge in [0.25, 0.3) is 0 Å². The lowest BCUT2D eigenvalue weighted by Crippen LogP contribution is -2.43. The molecule has 0 radical (unpaired) electrons. The summed E-state index contributed by atoms with van der Waals surface area (Å²) in [5.74, 6) is 0.938. The number of carbonyl (C=O) groups is 1. The first-order chi connectivity index (χ1) is 10.0. The molecule has 0 bridgehead atoms. The number of piperidine rings is 1. The van der Waals surface area contributed by atoms with Gasteiger partial charge in [0.15, 0.2) is 0 Å². The molecule has 0 unspecified atom stereocenters. The van der Waals surface area contributed by atoms with E-state index >= 15 is 0 Å². The van der Waals surface area contributed by atoms with Crippen molar-refractivity contribution >= 4 is 5.91 Å². The molecule has 1 aliphatic rings. The third-order valence-electron chi connectivity index (χ3n) is 3.88. The predicted molar refractivity (Wildman–Crippen MR) is 84.7 cm³/mol. The summed E-state index contributed by atoms with van der Waals surface area (Å²) in [6.45, 7) is 6.65. The molecular formula is C17H26N2O2. The van der Waals surface area contributed by atoms with E-state index in [1.165, 1.54) is 11.1 Å². The minimum atomic E-state index is 0.0916. The molecule has 4 heteroatoms. The van der Waals surface area contributed by atoms with Gasteiger partial charge in [-0.3, -0.25) is 4.79 Å². The van der Waals surface area contributed by atoms with Gasteiger partial charge in [0.2, 0.25) is 5.91 Å². The average molecular weight is 290 g/mol. The van der Waals surface area contributed by atoms with E-state index in [0.717, 1.165) is 31.7 Å². The van der Waals surface area contributed by atoms with Gasteiger partial charge in [-0.2, -0.15) is 0 Å². The molecule has 4 nitrogen and oxygen atoms in total. The Labute approximate surface area is 127 Å². The van der Waals surface area contributed by atoms with Crippen molar-refractivity contribution in [3.8, 4) is 5.75 Å². The fourth-order valence-corrected chi connectivity index (χ4v) is 2.73. The molecule has 0 aliphatic carbocycles. The van der Waals surface area contributed by atoms with Crippen LogP contribution in [0.4, 0.5) is 0 Å². The predicted octanol–water partition coefficient (Wildman–Crippen LogP) is 2.28. The second-order valence-corrected chi connectivity index (χ2v) is 6.07. The molecule has 0 saturated carbocycles. The van der Waals surface area contributed by atoms with Crippen LogP contribution in [0.5, 0.6) is 5.75 Å². The van der Waals surface area contributed by atoms with E-state index in [1.54, 1.807) is 0 Å². The van der Waals surface area contributed by atoms with Crippen LogP contribution in [0.15, 0.2) is 18.2 Å². The summed E-state index contributed by atoms with van der Waals surface area (Å²) in [5.41, 5.74) is 2.36. The standard InChI is InChI=1S/C17H26N2O2/c1-13-10-14(2)12-16(11-13)21-9-6-17(20)18-15-4-7-19(3)8-5-15/h10-12,15H,4-9H2,1-3H3,(H,18,20). The van der Waals surface area contributed by atoms with Crippen LogP contribution in [0.25, 0.3) is 0 Å². The highest BCUT2D eigenvalue weighted by Gasteiger charge is 2.18. The topological polar surface area (TPSA) is 41.6 Å². The van der Waals surface area contributed by atoms with E-state index in [4.69, 9.17) is 4.74 Å². The Bertz CT molecular complexity index is 459. The lowest BCUT2D eigenvalue weighted by atomic mass is 10.1. The van der Waals surface area contributed by atoms with Crippen LogP contribution in [0.1, 0.15) is 30.4 Å². The summed E-state index contributed by atoms with van der Waals surface area (Å²) in [7, 11) is 2.12. The Kier molecular flexibility index (Phi) is 5.62. The molecule has 1 aromatic rings. The smallest absolute Gasteiger partial charge is 0.223 e. The van der Waals surface area contributed by atoms with Crippen molar-refractivity contribution in [3.05, 3.63) is 29.3 Å². The Morgan fingerprint density at radius 1 is 1.24 bits per heavy atom. The maximum Gasteiger partial charge on any atom is 0.223 e. The van der Waals surface area contributed by atoms with Crippen LogP contribution in [0.3, 0.4) is 0 Å². The summed E-state index contributed by atoms with van der Waals surface area (Å²) in [6.07, 6.45) is 2.50. The zero-order chi connectivity index (χ0) is 15.2. The summed E-state index contributed by atoms with van der Waals surface area (Å²) in [4.78, 5) is 14.2. The first kappa shape index (κ1) is 15.8. The number of aryl methyl sites for hydroxylation is 2. The maximum absolute atomic E-state index is 11.9. The van der Waals surface area contributed by atoms with Crippen LogP contribution < -0.4 is 10.1 Å². The molecular weight excluding hydrogens is 264 g/mol. The molecule has 2 rings (SSSR count). The van der Waals surface area contributed by atoms with Gasteiger partial charge in [-0.25, -0.2) is 0 Å². The molecule has 21 heavy (non-hydrogen) atoms. The van der Waals surface area contributed by atoms with Crippen LogP contribution in [0, 0.1) is 13.8 Å². The number of rotatable bonds is 5. The quantitative estimate of drug-likeness (QED) is 0.904. The van der Waals surface area contributed by atoms with Crippen molar-refractivity contribution in [2.45, 2.75) is 39.2 Å². The van der Waals surface area contributed by atoms with Crippen molar-refractivity contribution in [2.75, 3.05) is 26.7 Å². The molecule has 1 aliphatic heterocycles. The van der Waals surface area contributed by atoms with E-state index in [2.05, 4.69) is 23.3 Å². The van der Waals surface area contributed by atoms with Crippen LogP contribution in [-0.4, -0.2) is 43.6 Å². The van der Waals surface area contributed by atoms with Gasteiger partial charge in [-0.1, -0.05) is 6.07 Å². The normalized spacial score (nSPS) is 16.7. The van der Waals surface area contributed by atoms with Crippen molar-refractivity contribution in [2.24, 2.45) is 0 Å². The highest BCUT2D eigenvalue weighted by Crippen LogP contribution is 2.16. The first-order valence-electron chi connectivity index (χ1n) is 7.72. The van der Waals surface area contributed by atoms with E-state index in [-0.39, 0.29) is 5.91 Å². The van der Waals surface area contributed by atoms with Crippen molar-refractivity contribution in [1.29, 1.82) is 0 Å². The Balaban J connectivity index is 1.69. The third kappa shape index (κ3) is 5.38. The molecule has 0 spiro atoms. The minimum absolute atomic E-state index is 0.0916. The van der Waals surface area contributed by atoms with Crippen LogP contribution >= 0.6 is 0 Å². The number of nitrogens with one attached hydrogen (secondary N) is 1. The van der Waals surface area contributed by atoms with E-state index in [1.807, 2.05) is 26.0 Å². The van der Waals surface area contributed by atoms with Gasteiger partial charge in [0.1, 0.15) is 5.75 Å². The van der Waals surface area contributed by atoms with Crippen LogP contribution in [0.2, 0.25) is 0 Å². The van der Waals surface area contributed by atoms with E-state index in [9.17, 15) is 4.79 Å². The number of nitrogens with zero attached hydrogens (tertiary/aromatic N) is 1. The molecule has 1 amide bonds. The lowest BCUT2D eigenvalue weighted by Gasteiger charge is -2.29. The summed E-state index contributed by atoms with van der Waals surface area (Å²) < 4.78 is 5.68. The number of amides is 1. The zero-order valence-corrected chi connectivity index (χ0v) is 13.3. The SMILES string of the molecule is Cc1cc(C)cc(OCCC(=O)NC2CCN(C)CC2)c1. The maximum atomic E-state index is 11.9. The van der Waals surface area contributed by atoms with Gasteiger partial charge >= 0.3 is 0 Å². The molecule has 1 heterocycles. The Morgan fingerprint density at radius 2 is 1.86 bits per heavy atom. The highest BCUT2D eigenvalue weighted by atomic mass is 16.5. The summed E-state index contributed by atoms with van der Waals surface area (Å²) in [5, 5.41) is 3.10. The molecule has 1 aromatic carbocycles. The van der Waals surface area contributed by atoms with Gasteiger partial charge in [0.05, 0.1) is 13.0 Å². The Hall–Kier alpha value is -1.55. The lowest BCUT2D eigenvalue weighted by molar-refractivity contribution is -0.122. The second-order valence-electron chi connectivity index (χ2n) is 6.07. The number of benzene rings is 1. The van der Waals surface area contributed by atoms with Gasteiger partial charge in [-0.15, -0.1) is 0 Å². The Morgan fingerprint density at radius 3 is 2.48 bits per heavy atom. The largest absolute Gasteiger partial charge is 0.493 e. The van der Waals surface area contributed by atoms with Crippen LogP contribution in [-0.2, 0) is 4.79 Å². The molecule has 0 aromatic heterocycles. The van der Waals surface area contributed by atoms with Crippen molar-refractivity contribution in [3.63, 3.8) is 0 Å². The molecule has 1 N–H and O–H groups in total. The summed E-state index contributed by atoms with van der Waals surface area (Å²) in [6, 6.07) is 6.44. The van der Waals surface area contributed by atoms with Gasteiger partial charge in [-0.05, 0) is 70.1 Å². The van der Waals surface area contributed by atoms with Crippen molar-refractivity contribution < 1.29 is 9.53 Å². The van der Waals surface area contributed by atoms with E-state index < -0.39 is 0 Å². The van der Waals surface area contributed by atoms with Crippen molar-refractivity contribution in [1.82, 2.24) is 10.2 Å². The molecule has 116 valence electrons. The number of hydrogen-bond donors (Lipinski definition) is 1. The molecule has 0 atom stereocenters. The number of ether oxygens (including phenoxy) is 1. The fraction of sp³-hybridized carbons (Fsp3) is 0.588. The fourth-order valence-electron chi connectivity index (χ4n) is 2.73. The summed E-state index contributed by atoms with van der Waals surface area (Å²) >= 11 is 0. The average Bonchev–Trinajstić information content (AvgIpc) is 2.40. The molecule has 1 saturated heterocycles. The highest BCUT2D eigenvalue weighted by molar-refractivity contribution is 5.76. The minimum Gasteiger partial charge on any atom is -0.493 e. The number of carbonyl (C=O) groups excluding carboxylic acids is 1.